The summed E-state index contributed by atoms with van der Waals surface area (Å²) in [6.07, 6.45) is 1.11. The summed E-state index contributed by atoms with van der Waals surface area (Å²) in [5.74, 6) is 1.39. The number of hydrogen-bond acceptors (Lipinski definition) is 5. The Morgan fingerprint density at radius 2 is 1.61 bits per heavy atom. The minimum Gasteiger partial charge on any atom is -0.388 e. The van der Waals surface area contributed by atoms with Gasteiger partial charge in [-0.3, -0.25) is 0 Å². The molecular formula is C23H31N5. The fourth-order valence-corrected chi connectivity index (χ4v) is 3.61. The molecule has 0 fully saturated rings. The zero-order chi connectivity index (χ0) is 20.3. The smallest absolute Gasteiger partial charge is 0.138 e. The highest BCUT2D eigenvalue weighted by Crippen LogP contribution is 2.38. The molecule has 148 valence electrons. The third-order valence-corrected chi connectivity index (χ3v) is 5.39. The van der Waals surface area contributed by atoms with Crippen molar-refractivity contribution in [1.82, 2.24) is 4.98 Å². The third-order valence-electron chi connectivity index (χ3n) is 5.39. The van der Waals surface area contributed by atoms with Crippen LogP contribution in [0.2, 0.25) is 0 Å². The number of aryl methyl sites for hydroxylation is 1. The summed E-state index contributed by atoms with van der Waals surface area (Å²) in [5.41, 5.74) is 6.42. The molecule has 3 rings (SSSR count). The number of fused-ring (bicyclic) bond motifs is 1. The molecule has 5 nitrogen and oxygen atoms in total. The van der Waals surface area contributed by atoms with Gasteiger partial charge in [-0.05, 0) is 48.4 Å². The maximum Gasteiger partial charge on any atom is 0.138 e. The van der Waals surface area contributed by atoms with Gasteiger partial charge in [0.15, 0.2) is 0 Å². The van der Waals surface area contributed by atoms with Gasteiger partial charge >= 0.3 is 0 Å². The Labute approximate surface area is 168 Å². The van der Waals surface area contributed by atoms with Crippen LogP contribution in [0.3, 0.4) is 0 Å². The minimum atomic E-state index is 0.508. The molecule has 1 unspecified atom stereocenters. The zero-order valence-electron chi connectivity index (χ0n) is 17.7. The second-order valence-corrected chi connectivity index (χ2v) is 7.19. The predicted octanol–water partition coefficient (Wildman–Crippen LogP) is 5.93. The number of nitrogens with zero attached hydrogens (tertiary/aromatic N) is 1. The van der Waals surface area contributed by atoms with Gasteiger partial charge in [-0.25, -0.2) is 4.98 Å². The lowest BCUT2D eigenvalue weighted by atomic mass is 9.93. The van der Waals surface area contributed by atoms with Gasteiger partial charge < -0.3 is 21.3 Å². The molecule has 0 aliphatic heterocycles. The Hall–Kier alpha value is -2.95. The molecule has 3 aromatic rings. The SMILES string of the molecule is CCC(C)c1cccc2c(Nc3c(NC)cc(NC)cc3NC)nc(C)cc12. The van der Waals surface area contributed by atoms with Gasteiger partial charge in [0.05, 0.1) is 17.1 Å². The van der Waals surface area contributed by atoms with E-state index in [4.69, 9.17) is 4.98 Å². The van der Waals surface area contributed by atoms with Crippen LogP contribution in [0.5, 0.6) is 0 Å². The normalized spacial score (nSPS) is 11.9. The summed E-state index contributed by atoms with van der Waals surface area (Å²) in [6.45, 7) is 6.57. The summed E-state index contributed by atoms with van der Waals surface area (Å²) < 4.78 is 0. The third kappa shape index (κ3) is 3.70. The average Bonchev–Trinajstić information content (AvgIpc) is 2.72. The molecule has 0 spiro atoms. The number of rotatable bonds is 7. The first-order valence-electron chi connectivity index (χ1n) is 9.90. The van der Waals surface area contributed by atoms with Crippen LogP contribution in [0.4, 0.5) is 28.6 Å². The lowest BCUT2D eigenvalue weighted by Crippen LogP contribution is -2.05. The van der Waals surface area contributed by atoms with E-state index in [0.29, 0.717) is 5.92 Å². The topological polar surface area (TPSA) is 61.0 Å². The Morgan fingerprint density at radius 3 is 2.18 bits per heavy atom. The fourth-order valence-electron chi connectivity index (χ4n) is 3.61. The van der Waals surface area contributed by atoms with Gasteiger partial charge in [-0.1, -0.05) is 32.0 Å². The molecule has 0 saturated heterocycles. The molecule has 1 aromatic heterocycles. The van der Waals surface area contributed by atoms with Crippen molar-refractivity contribution in [1.29, 1.82) is 0 Å². The monoisotopic (exact) mass is 377 g/mol. The van der Waals surface area contributed by atoms with Gasteiger partial charge in [0.25, 0.3) is 0 Å². The number of hydrogen-bond donors (Lipinski definition) is 4. The second kappa shape index (κ2) is 8.38. The summed E-state index contributed by atoms with van der Waals surface area (Å²) in [7, 11) is 5.79. The number of pyridine rings is 1. The van der Waals surface area contributed by atoms with Crippen molar-refractivity contribution >= 4 is 39.3 Å². The summed E-state index contributed by atoms with van der Waals surface area (Å²) in [6, 6.07) is 12.9. The number of aromatic nitrogens is 1. The Kier molecular flexibility index (Phi) is 5.93. The fraction of sp³-hybridized carbons (Fsp3) is 0.348. The van der Waals surface area contributed by atoms with E-state index in [1.165, 1.54) is 10.9 Å². The first-order valence-corrected chi connectivity index (χ1v) is 9.90. The first kappa shape index (κ1) is 19.8. The van der Waals surface area contributed by atoms with Crippen LogP contribution in [-0.4, -0.2) is 26.1 Å². The highest BCUT2D eigenvalue weighted by atomic mass is 15.0. The molecule has 1 heterocycles. The van der Waals surface area contributed by atoms with Crippen LogP contribution in [0.15, 0.2) is 36.4 Å². The molecule has 0 bridgehead atoms. The highest BCUT2D eigenvalue weighted by molar-refractivity contribution is 5.99. The van der Waals surface area contributed by atoms with Crippen molar-refractivity contribution in [2.45, 2.75) is 33.1 Å². The van der Waals surface area contributed by atoms with E-state index in [1.54, 1.807) is 0 Å². The van der Waals surface area contributed by atoms with E-state index >= 15 is 0 Å². The zero-order valence-corrected chi connectivity index (χ0v) is 17.7. The molecular weight excluding hydrogens is 346 g/mol. The van der Waals surface area contributed by atoms with Gasteiger partial charge in [0.1, 0.15) is 5.82 Å². The summed E-state index contributed by atoms with van der Waals surface area (Å²) in [5, 5.41) is 15.8. The number of anilines is 5. The maximum absolute atomic E-state index is 4.83. The van der Waals surface area contributed by atoms with Crippen LogP contribution in [0, 0.1) is 6.92 Å². The van der Waals surface area contributed by atoms with E-state index < -0.39 is 0 Å². The molecule has 0 aliphatic rings. The van der Waals surface area contributed by atoms with Crippen LogP contribution < -0.4 is 21.3 Å². The number of benzene rings is 2. The lowest BCUT2D eigenvalue weighted by Gasteiger charge is -2.20. The lowest BCUT2D eigenvalue weighted by molar-refractivity contribution is 0.739. The molecule has 0 saturated carbocycles. The van der Waals surface area contributed by atoms with E-state index in [0.717, 1.165) is 46.1 Å². The van der Waals surface area contributed by atoms with Crippen molar-refractivity contribution in [3.63, 3.8) is 0 Å². The molecule has 0 radical (unpaired) electrons. The van der Waals surface area contributed by atoms with Gasteiger partial charge in [0.2, 0.25) is 0 Å². The highest BCUT2D eigenvalue weighted by Gasteiger charge is 2.15. The van der Waals surface area contributed by atoms with Crippen LogP contribution in [0.1, 0.15) is 37.4 Å². The quantitative estimate of drug-likeness (QED) is 0.411. The second-order valence-electron chi connectivity index (χ2n) is 7.19. The Balaban J connectivity index is 2.18. The van der Waals surface area contributed by atoms with Gasteiger partial charge in [0, 0.05) is 37.9 Å². The summed E-state index contributed by atoms with van der Waals surface area (Å²) >= 11 is 0. The Bertz CT molecular complexity index is 955. The van der Waals surface area contributed by atoms with E-state index in [9.17, 15) is 0 Å². The molecule has 1 atom stereocenters. The predicted molar refractivity (Wildman–Crippen MR) is 124 cm³/mol. The molecule has 28 heavy (non-hydrogen) atoms. The molecule has 5 heteroatoms. The van der Waals surface area contributed by atoms with E-state index in [1.807, 2.05) is 21.1 Å². The molecule has 2 aromatic carbocycles. The van der Waals surface area contributed by atoms with Crippen LogP contribution in [0.25, 0.3) is 10.8 Å². The standard InChI is InChI=1S/C23H31N5/c1-7-14(2)17-9-8-10-18-19(17)11-15(3)27-23(18)28-22-20(25-5)12-16(24-4)13-21(22)26-6/h8-14,24-26H,7H2,1-6H3,(H,27,28). The van der Waals surface area contributed by atoms with E-state index in [-0.39, 0.29) is 0 Å². The largest absolute Gasteiger partial charge is 0.388 e. The van der Waals surface area contributed by atoms with E-state index in [2.05, 4.69) is 78.4 Å². The summed E-state index contributed by atoms with van der Waals surface area (Å²) in [4.78, 5) is 4.83. The average molecular weight is 378 g/mol. The maximum atomic E-state index is 4.83. The number of nitrogens with one attached hydrogen (secondary N) is 4. The van der Waals surface area contributed by atoms with Crippen molar-refractivity contribution in [3.8, 4) is 0 Å². The molecule has 4 N–H and O–H groups in total. The van der Waals surface area contributed by atoms with Crippen molar-refractivity contribution < 1.29 is 0 Å². The minimum absolute atomic E-state index is 0.508. The molecule has 0 amide bonds. The van der Waals surface area contributed by atoms with Crippen LogP contribution in [-0.2, 0) is 0 Å². The van der Waals surface area contributed by atoms with Crippen molar-refractivity contribution in [2.75, 3.05) is 42.4 Å². The van der Waals surface area contributed by atoms with Crippen molar-refractivity contribution in [2.24, 2.45) is 0 Å². The van der Waals surface area contributed by atoms with Crippen molar-refractivity contribution in [3.05, 3.63) is 47.7 Å². The van der Waals surface area contributed by atoms with Gasteiger partial charge in [-0.15, -0.1) is 0 Å². The van der Waals surface area contributed by atoms with Crippen LogP contribution >= 0.6 is 0 Å². The Morgan fingerprint density at radius 1 is 0.929 bits per heavy atom. The first-order chi connectivity index (χ1) is 13.5. The van der Waals surface area contributed by atoms with Gasteiger partial charge in [-0.2, -0.15) is 0 Å². The molecule has 0 aliphatic carbocycles.